The van der Waals surface area contributed by atoms with Crippen LogP contribution in [0.2, 0.25) is 0 Å². The van der Waals surface area contributed by atoms with Crippen molar-refractivity contribution < 1.29 is 14.6 Å². The second-order valence-corrected chi connectivity index (χ2v) is 5.27. The highest BCUT2D eigenvalue weighted by atomic mass is 16.6. The summed E-state index contributed by atoms with van der Waals surface area (Å²) in [5.74, 6) is -0.232. The molecule has 0 unspecified atom stereocenters. The summed E-state index contributed by atoms with van der Waals surface area (Å²) in [5, 5.41) is 9.94. The fourth-order valence-electron chi connectivity index (χ4n) is 2.50. The zero-order chi connectivity index (χ0) is 13.3. The first-order chi connectivity index (χ1) is 8.49. The number of hydrogen-bond donors (Lipinski definition) is 1. The summed E-state index contributed by atoms with van der Waals surface area (Å²) < 4.78 is 5.37. The van der Waals surface area contributed by atoms with Gasteiger partial charge in [0.15, 0.2) is 0 Å². The Hall–Kier alpha value is -1.35. The van der Waals surface area contributed by atoms with Gasteiger partial charge in [-0.1, -0.05) is 24.3 Å². The average molecular weight is 248 g/mol. The fourth-order valence-corrected chi connectivity index (χ4v) is 2.50. The highest BCUT2D eigenvalue weighted by molar-refractivity contribution is 5.90. The Kier molecular flexibility index (Phi) is 3.71. The Morgan fingerprint density at radius 1 is 1.33 bits per heavy atom. The molecule has 1 aliphatic heterocycles. The molecule has 0 aromatic rings. The summed E-state index contributed by atoms with van der Waals surface area (Å²) in [6, 6.07) is 0. The lowest BCUT2D eigenvalue weighted by Gasteiger charge is -2.20. The number of allylic oxidation sites excluding steroid dienone is 1. The van der Waals surface area contributed by atoms with E-state index in [1.807, 2.05) is 26.0 Å². The summed E-state index contributed by atoms with van der Waals surface area (Å²) in [4.78, 5) is 11.6. The Balaban J connectivity index is 2.27. The van der Waals surface area contributed by atoms with Gasteiger partial charge in [-0.05, 0) is 32.3 Å². The lowest BCUT2D eigenvalue weighted by Crippen LogP contribution is -2.18. The van der Waals surface area contributed by atoms with Crippen LogP contribution in [-0.2, 0) is 9.53 Å². The van der Waals surface area contributed by atoms with Crippen LogP contribution in [0.15, 0.2) is 35.5 Å². The summed E-state index contributed by atoms with van der Waals surface area (Å²) in [7, 11) is 0. The third kappa shape index (κ3) is 2.56. The summed E-state index contributed by atoms with van der Waals surface area (Å²) in [6.07, 6.45) is 5.58. The summed E-state index contributed by atoms with van der Waals surface area (Å²) in [6.45, 7) is 7.76. The standard InChI is InChI=1S/C15H20O3/c1-9-4-7-13(16)10(2)5-6-12-11(3)15(17)18-14(12)8-9/h4-5,12-14,16H,3,6-8H2,1-2H3/b9-4+,10-5+/t12-,13+,14+/m1/s1. The van der Waals surface area contributed by atoms with Crippen molar-refractivity contribution in [1.29, 1.82) is 0 Å². The van der Waals surface area contributed by atoms with Gasteiger partial charge >= 0.3 is 5.97 Å². The van der Waals surface area contributed by atoms with Crippen LogP contribution < -0.4 is 0 Å². The van der Waals surface area contributed by atoms with Crippen molar-refractivity contribution in [3.8, 4) is 0 Å². The van der Waals surface area contributed by atoms with Gasteiger partial charge < -0.3 is 9.84 Å². The average Bonchev–Trinajstić information content (AvgIpc) is 2.58. The van der Waals surface area contributed by atoms with Crippen molar-refractivity contribution in [3.05, 3.63) is 35.5 Å². The zero-order valence-corrected chi connectivity index (χ0v) is 11.0. The molecular formula is C15H20O3. The van der Waals surface area contributed by atoms with Crippen molar-refractivity contribution in [3.63, 3.8) is 0 Å². The largest absolute Gasteiger partial charge is 0.458 e. The number of fused-ring (bicyclic) bond motifs is 1. The number of esters is 1. The van der Waals surface area contributed by atoms with E-state index in [1.165, 1.54) is 0 Å². The minimum atomic E-state index is -0.428. The van der Waals surface area contributed by atoms with Gasteiger partial charge in [-0.2, -0.15) is 0 Å². The van der Waals surface area contributed by atoms with Crippen molar-refractivity contribution in [2.45, 2.75) is 45.3 Å². The number of carbonyl (C=O) groups excluding carboxylic acids is 1. The molecule has 2 rings (SSSR count). The second-order valence-electron chi connectivity index (χ2n) is 5.27. The highest BCUT2D eigenvalue weighted by Gasteiger charge is 2.37. The Labute approximate surface area is 108 Å². The van der Waals surface area contributed by atoms with Crippen LogP contribution in [0.3, 0.4) is 0 Å². The molecule has 3 nitrogen and oxygen atoms in total. The molecule has 1 N–H and O–H groups in total. The molecule has 3 heteroatoms. The summed E-state index contributed by atoms with van der Waals surface area (Å²) >= 11 is 0. The van der Waals surface area contributed by atoms with E-state index in [4.69, 9.17) is 4.74 Å². The van der Waals surface area contributed by atoms with Crippen molar-refractivity contribution in [2.75, 3.05) is 0 Å². The smallest absolute Gasteiger partial charge is 0.334 e. The van der Waals surface area contributed by atoms with Gasteiger partial charge in [0, 0.05) is 17.9 Å². The van der Waals surface area contributed by atoms with E-state index < -0.39 is 6.10 Å². The van der Waals surface area contributed by atoms with Crippen molar-refractivity contribution in [2.24, 2.45) is 5.92 Å². The van der Waals surface area contributed by atoms with Crippen LogP contribution in [0.1, 0.15) is 33.1 Å². The lowest BCUT2D eigenvalue weighted by atomic mass is 9.87. The SMILES string of the molecule is C=C1C(=O)O[C@H]2C/C(C)=C/C[C@H](O)/C(C)=C/C[C@H]12. The molecule has 0 bridgehead atoms. The van der Waals surface area contributed by atoms with E-state index in [1.54, 1.807) is 0 Å². The third-order valence-corrected chi connectivity index (χ3v) is 3.85. The number of hydrogen-bond acceptors (Lipinski definition) is 3. The minimum Gasteiger partial charge on any atom is -0.458 e. The molecule has 0 radical (unpaired) electrons. The van der Waals surface area contributed by atoms with Crippen molar-refractivity contribution in [1.82, 2.24) is 0 Å². The quantitative estimate of drug-likeness (QED) is 0.407. The van der Waals surface area contributed by atoms with Gasteiger partial charge in [-0.25, -0.2) is 4.79 Å². The van der Waals surface area contributed by atoms with Crippen LogP contribution in [0, 0.1) is 5.92 Å². The van der Waals surface area contributed by atoms with Crippen LogP contribution in [-0.4, -0.2) is 23.3 Å². The molecule has 2 aliphatic rings. The predicted molar refractivity (Wildman–Crippen MR) is 69.9 cm³/mol. The van der Waals surface area contributed by atoms with Gasteiger partial charge in [-0.15, -0.1) is 0 Å². The number of rotatable bonds is 0. The molecule has 3 atom stereocenters. The van der Waals surface area contributed by atoms with Gasteiger partial charge in [0.25, 0.3) is 0 Å². The fraction of sp³-hybridized carbons (Fsp3) is 0.533. The number of ether oxygens (including phenoxy) is 1. The monoisotopic (exact) mass is 248 g/mol. The van der Waals surface area contributed by atoms with Gasteiger partial charge in [-0.3, -0.25) is 0 Å². The van der Waals surface area contributed by atoms with Crippen LogP contribution in [0.25, 0.3) is 0 Å². The molecule has 18 heavy (non-hydrogen) atoms. The molecule has 1 saturated heterocycles. The Morgan fingerprint density at radius 3 is 2.78 bits per heavy atom. The molecule has 0 amide bonds. The highest BCUT2D eigenvalue weighted by Crippen LogP contribution is 2.34. The van der Waals surface area contributed by atoms with Crippen LogP contribution >= 0.6 is 0 Å². The van der Waals surface area contributed by atoms with E-state index in [9.17, 15) is 9.90 Å². The molecule has 1 heterocycles. The van der Waals surface area contributed by atoms with Crippen LogP contribution in [0.5, 0.6) is 0 Å². The topological polar surface area (TPSA) is 46.5 Å². The van der Waals surface area contributed by atoms with Crippen molar-refractivity contribution >= 4 is 5.97 Å². The van der Waals surface area contributed by atoms with E-state index in [0.29, 0.717) is 18.4 Å². The Bertz CT molecular complexity index is 431. The molecule has 0 aromatic heterocycles. The molecule has 0 spiro atoms. The number of aliphatic hydroxyl groups excluding tert-OH is 1. The minimum absolute atomic E-state index is 0.0427. The van der Waals surface area contributed by atoms with E-state index in [2.05, 4.69) is 6.58 Å². The summed E-state index contributed by atoms with van der Waals surface area (Å²) in [5.41, 5.74) is 2.67. The van der Waals surface area contributed by atoms with E-state index >= 15 is 0 Å². The second kappa shape index (κ2) is 5.11. The van der Waals surface area contributed by atoms with Gasteiger partial charge in [0.2, 0.25) is 0 Å². The third-order valence-electron chi connectivity index (χ3n) is 3.85. The zero-order valence-electron chi connectivity index (χ0n) is 11.0. The maximum atomic E-state index is 11.6. The molecule has 98 valence electrons. The Morgan fingerprint density at radius 2 is 2.06 bits per heavy atom. The number of carbonyl (C=O) groups is 1. The molecule has 0 saturated carbocycles. The molecule has 0 aromatic carbocycles. The first-order valence-corrected chi connectivity index (χ1v) is 6.39. The van der Waals surface area contributed by atoms with E-state index in [0.717, 1.165) is 17.6 Å². The normalized spacial score (nSPS) is 39.2. The maximum absolute atomic E-state index is 11.6. The lowest BCUT2D eigenvalue weighted by molar-refractivity contribution is -0.139. The van der Waals surface area contributed by atoms with Gasteiger partial charge in [0.1, 0.15) is 6.10 Å². The number of aliphatic hydroxyl groups is 1. The molecule has 1 aliphatic carbocycles. The predicted octanol–water partition coefficient (Wildman–Crippen LogP) is 2.52. The van der Waals surface area contributed by atoms with Gasteiger partial charge in [0.05, 0.1) is 6.10 Å². The first-order valence-electron chi connectivity index (χ1n) is 6.39. The maximum Gasteiger partial charge on any atom is 0.334 e. The molecular weight excluding hydrogens is 228 g/mol. The van der Waals surface area contributed by atoms with E-state index in [-0.39, 0.29) is 18.0 Å². The molecule has 1 fully saturated rings. The van der Waals surface area contributed by atoms with Crippen LogP contribution in [0.4, 0.5) is 0 Å². The first kappa shape index (κ1) is 13.1.